The number of hydrogen-bond donors (Lipinski definition) is 0. The van der Waals surface area contributed by atoms with E-state index in [1.54, 1.807) is 0 Å². The second-order valence-electron chi connectivity index (χ2n) is 7.68. The van der Waals surface area contributed by atoms with Gasteiger partial charge < -0.3 is 4.74 Å². The maximum Gasteiger partial charge on any atom is 0.320 e. The molecule has 4 aliphatic carbocycles. The Labute approximate surface area is 128 Å². The fourth-order valence-electron chi connectivity index (χ4n) is 5.71. The van der Waals surface area contributed by atoms with E-state index in [0.29, 0.717) is 18.6 Å². The topological polar surface area (TPSA) is 29.5 Å². The van der Waals surface area contributed by atoms with Gasteiger partial charge in [0.2, 0.25) is 0 Å². The van der Waals surface area contributed by atoms with E-state index in [1.807, 2.05) is 13.0 Å². The van der Waals surface area contributed by atoms with Crippen molar-refractivity contribution >= 4 is 5.97 Å². The summed E-state index contributed by atoms with van der Waals surface area (Å²) in [7, 11) is 0. The number of rotatable bonds is 7. The Bertz CT molecular complexity index is 369. The summed E-state index contributed by atoms with van der Waals surface area (Å²) in [4.78, 5) is 14.1. The number of hydrogen-bond acceptors (Lipinski definition) is 3. The molecule has 4 rings (SSSR count). The summed E-state index contributed by atoms with van der Waals surface area (Å²) in [6.45, 7) is 8.46. The van der Waals surface area contributed by atoms with Gasteiger partial charge in [-0.3, -0.25) is 9.69 Å². The Morgan fingerprint density at radius 2 is 1.81 bits per heavy atom. The zero-order chi connectivity index (χ0) is 14.9. The van der Waals surface area contributed by atoms with Crippen LogP contribution in [0.3, 0.4) is 0 Å². The number of carbonyl (C=O) groups is 1. The summed E-state index contributed by atoms with van der Waals surface area (Å²) in [5.41, 5.74) is 0.476. The maximum absolute atomic E-state index is 11.8. The molecule has 4 saturated carbocycles. The smallest absolute Gasteiger partial charge is 0.320 e. The second kappa shape index (κ2) is 6.12. The number of nitrogens with zero attached hydrogens (tertiary/aromatic N) is 1. The Morgan fingerprint density at radius 1 is 1.24 bits per heavy atom. The molecule has 0 amide bonds. The molecule has 0 atom stereocenters. The largest absolute Gasteiger partial charge is 0.465 e. The SMILES string of the molecule is C=CCN(CC(=O)OCC)CC12CC3CC(CC(C3)C1)C2. The van der Waals surface area contributed by atoms with Gasteiger partial charge in [0.25, 0.3) is 0 Å². The first kappa shape index (κ1) is 15.1. The molecule has 4 aliphatic rings. The standard InChI is InChI=1S/C18H29NO2/c1-3-5-19(12-17(20)21-4-2)13-18-9-14-6-15(10-18)8-16(7-14)11-18/h3,14-16H,1,4-13H2,2H3. The first-order valence-corrected chi connectivity index (χ1v) is 8.61. The fraction of sp³-hybridized carbons (Fsp3) is 0.833. The van der Waals surface area contributed by atoms with Crippen LogP contribution < -0.4 is 0 Å². The molecule has 4 fully saturated rings. The monoisotopic (exact) mass is 291 g/mol. The Balaban J connectivity index is 1.64. The van der Waals surface area contributed by atoms with Crippen LogP contribution in [0.15, 0.2) is 12.7 Å². The summed E-state index contributed by atoms with van der Waals surface area (Å²) in [6, 6.07) is 0. The third kappa shape index (κ3) is 3.33. The Morgan fingerprint density at radius 3 is 2.29 bits per heavy atom. The molecule has 3 heteroatoms. The van der Waals surface area contributed by atoms with Crippen LogP contribution in [0, 0.1) is 23.2 Å². The van der Waals surface area contributed by atoms with E-state index in [4.69, 9.17) is 4.74 Å². The lowest BCUT2D eigenvalue weighted by Crippen LogP contribution is -2.52. The molecular weight excluding hydrogens is 262 g/mol. The zero-order valence-electron chi connectivity index (χ0n) is 13.4. The van der Waals surface area contributed by atoms with Crippen LogP contribution >= 0.6 is 0 Å². The van der Waals surface area contributed by atoms with Crippen LogP contribution in [0.5, 0.6) is 0 Å². The highest BCUT2D eigenvalue weighted by Gasteiger charge is 2.51. The lowest BCUT2D eigenvalue weighted by Gasteiger charge is -2.57. The van der Waals surface area contributed by atoms with E-state index in [2.05, 4.69) is 11.5 Å². The molecule has 0 saturated heterocycles. The van der Waals surface area contributed by atoms with Crippen LogP contribution in [0.1, 0.15) is 45.4 Å². The highest BCUT2D eigenvalue weighted by molar-refractivity contribution is 5.71. The van der Waals surface area contributed by atoms with Crippen molar-refractivity contribution in [3.63, 3.8) is 0 Å². The van der Waals surface area contributed by atoms with Gasteiger partial charge in [-0.1, -0.05) is 6.08 Å². The van der Waals surface area contributed by atoms with E-state index in [1.165, 1.54) is 38.5 Å². The van der Waals surface area contributed by atoms with Crippen molar-refractivity contribution in [3.05, 3.63) is 12.7 Å². The van der Waals surface area contributed by atoms with Crippen molar-refractivity contribution in [1.29, 1.82) is 0 Å². The van der Waals surface area contributed by atoms with E-state index < -0.39 is 0 Å². The van der Waals surface area contributed by atoms with Crippen molar-refractivity contribution < 1.29 is 9.53 Å². The molecule has 0 N–H and O–H groups in total. The molecule has 0 heterocycles. The minimum atomic E-state index is -0.0934. The molecule has 0 aromatic carbocycles. The van der Waals surface area contributed by atoms with Crippen LogP contribution in [0.25, 0.3) is 0 Å². The normalized spacial score (nSPS) is 37.0. The Hall–Kier alpha value is -0.830. The summed E-state index contributed by atoms with van der Waals surface area (Å²) < 4.78 is 5.12. The molecule has 0 aromatic rings. The van der Waals surface area contributed by atoms with Crippen LogP contribution in [-0.2, 0) is 9.53 Å². The van der Waals surface area contributed by atoms with E-state index >= 15 is 0 Å². The molecule has 0 spiro atoms. The minimum Gasteiger partial charge on any atom is -0.465 e. The third-order valence-electron chi connectivity index (χ3n) is 5.77. The highest BCUT2D eigenvalue weighted by atomic mass is 16.5. The zero-order valence-corrected chi connectivity index (χ0v) is 13.4. The Kier molecular flexibility index (Phi) is 4.39. The van der Waals surface area contributed by atoms with Crippen molar-refractivity contribution in [3.8, 4) is 0 Å². The van der Waals surface area contributed by atoms with Gasteiger partial charge in [0, 0.05) is 13.1 Å². The van der Waals surface area contributed by atoms with Gasteiger partial charge in [0.1, 0.15) is 0 Å². The van der Waals surface area contributed by atoms with Gasteiger partial charge in [-0.05, 0) is 68.6 Å². The third-order valence-corrected chi connectivity index (χ3v) is 5.77. The van der Waals surface area contributed by atoms with Gasteiger partial charge >= 0.3 is 5.97 Å². The minimum absolute atomic E-state index is 0.0934. The van der Waals surface area contributed by atoms with Gasteiger partial charge in [0.05, 0.1) is 13.2 Å². The van der Waals surface area contributed by atoms with Gasteiger partial charge in [-0.25, -0.2) is 0 Å². The summed E-state index contributed by atoms with van der Waals surface area (Å²) in [5, 5.41) is 0. The quantitative estimate of drug-likeness (QED) is 0.532. The molecular formula is C18H29NO2. The van der Waals surface area contributed by atoms with Crippen LogP contribution in [0.2, 0.25) is 0 Å². The maximum atomic E-state index is 11.8. The number of ether oxygens (including phenoxy) is 1. The van der Waals surface area contributed by atoms with Gasteiger partial charge in [-0.2, -0.15) is 0 Å². The molecule has 4 bridgehead atoms. The lowest BCUT2D eigenvalue weighted by atomic mass is 9.49. The van der Waals surface area contributed by atoms with Gasteiger partial charge in [-0.15, -0.1) is 6.58 Å². The average Bonchev–Trinajstić information content (AvgIpc) is 2.36. The molecule has 21 heavy (non-hydrogen) atoms. The first-order chi connectivity index (χ1) is 10.1. The summed E-state index contributed by atoms with van der Waals surface area (Å²) in [5.74, 6) is 2.79. The molecule has 118 valence electrons. The van der Waals surface area contributed by atoms with E-state index in [0.717, 1.165) is 30.8 Å². The van der Waals surface area contributed by atoms with Crippen molar-refractivity contribution in [2.24, 2.45) is 23.2 Å². The van der Waals surface area contributed by atoms with E-state index in [-0.39, 0.29) is 5.97 Å². The summed E-state index contributed by atoms with van der Waals surface area (Å²) >= 11 is 0. The first-order valence-electron chi connectivity index (χ1n) is 8.61. The van der Waals surface area contributed by atoms with Crippen molar-refractivity contribution in [2.45, 2.75) is 45.4 Å². The van der Waals surface area contributed by atoms with Gasteiger partial charge in [0.15, 0.2) is 0 Å². The molecule has 0 aliphatic heterocycles. The summed E-state index contributed by atoms with van der Waals surface area (Å²) in [6.07, 6.45) is 10.5. The number of esters is 1. The lowest BCUT2D eigenvalue weighted by molar-refractivity contribution is -0.145. The molecule has 0 aromatic heterocycles. The van der Waals surface area contributed by atoms with Crippen LogP contribution in [-0.4, -0.2) is 37.1 Å². The fourth-order valence-corrected chi connectivity index (χ4v) is 5.71. The van der Waals surface area contributed by atoms with Crippen molar-refractivity contribution in [2.75, 3.05) is 26.2 Å². The second-order valence-corrected chi connectivity index (χ2v) is 7.68. The highest BCUT2D eigenvalue weighted by Crippen LogP contribution is 2.60. The van der Waals surface area contributed by atoms with Crippen molar-refractivity contribution in [1.82, 2.24) is 4.90 Å². The number of carbonyl (C=O) groups excluding carboxylic acids is 1. The van der Waals surface area contributed by atoms with E-state index in [9.17, 15) is 4.79 Å². The molecule has 0 radical (unpaired) electrons. The predicted octanol–water partition coefficient (Wildman–Crippen LogP) is 3.25. The average molecular weight is 291 g/mol. The molecule has 0 unspecified atom stereocenters. The predicted molar refractivity (Wildman–Crippen MR) is 83.9 cm³/mol. The molecule has 3 nitrogen and oxygen atoms in total. The van der Waals surface area contributed by atoms with Crippen LogP contribution in [0.4, 0.5) is 0 Å².